The van der Waals surface area contributed by atoms with E-state index < -0.39 is 5.41 Å². The normalized spacial score (nSPS) is 20.9. The maximum absolute atomic E-state index is 12.3. The zero-order chi connectivity index (χ0) is 19.8. The number of hydrazone groups is 1. The summed E-state index contributed by atoms with van der Waals surface area (Å²) >= 11 is 6.95. The van der Waals surface area contributed by atoms with Gasteiger partial charge in [-0.15, -0.1) is 0 Å². The lowest BCUT2D eigenvalue weighted by Gasteiger charge is -2.11. The molecule has 0 bridgehead atoms. The van der Waals surface area contributed by atoms with E-state index in [4.69, 9.17) is 4.42 Å². The Bertz CT molecular complexity index is 936. The molecule has 0 saturated heterocycles. The van der Waals surface area contributed by atoms with E-state index >= 15 is 0 Å². The van der Waals surface area contributed by atoms with Crippen LogP contribution in [0.15, 0.2) is 45.9 Å². The van der Waals surface area contributed by atoms with Gasteiger partial charge in [0.15, 0.2) is 5.76 Å². The van der Waals surface area contributed by atoms with E-state index in [1.807, 2.05) is 19.1 Å². The monoisotopic (exact) mass is 495 g/mol. The van der Waals surface area contributed by atoms with Gasteiger partial charge >= 0.3 is 0 Å². The maximum atomic E-state index is 12.3. The molecule has 0 radical (unpaired) electrons. The van der Waals surface area contributed by atoms with Crippen molar-refractivity contribution in [3.8, 4) is 0 Å². The summed E-state index contributed by atoms with van der Waals surface area (Å²) in [5.41, 5.74) is 4.11. The fourth-order valence-electron chi connectivity index (χ4n) is 2.54. The minimum atomic E-state index is -0.534. The number of halogens is 2. The minimum Gasteiger partial charge on any atom is -0.456 e. The van der Waals surface area contributed by atoms with Crippen molar-refractivity contribution in [3.05, 3.63) is 53.5 Å². The van der Waals surface area contributed by atoms with E-state index in [1.54, 1.807) is 38.1 Å². The predicted octanol–water partition coefficient (Wildman–Crippen LogP) is 4.58. The lowest BCUT2D eigenvalue weighted by molar-refractivity contribution is -0.125. The predicted molar refractivity (Wildman–Crippen MR) is 112 cm³/mol. The molecule has 1 saturated carbocycles. The zero-order valence-electron chi connectivity index (χ0n) is 15.1. The number of nitrogens with one attached hydrogen (secondary N) is 2. The first-order valence-corrected chi connectivity index (χ1v) is 9.92. The summed E-state index contributed by atoms with van der Waals surface area (Å²) < 4.78 is 4.96. The summed E-state index contributed by atoms with van der Waals surface area (Å²) in [7, 11) is 0. The molecule has 142 valence electrons. The molecule has 1 aromatic heterocycles. The van der Waals surface area contributed by atoms with E-state index in [-0.39, 0.29) is 20.8 Å². The summed E-state index contributed by atoms with van der Waals surface area (Å²) in [6.45, 7) is 5.44. The number of carbonyl (C=O) groups excluding carboxylic acids is 2. The van der Waals surface area contributed by atoms with Crippen molar-refractivity contribution in [2.45, 2.75) is 30.4 Å². The van der Waals surface area contributed by atoms with Crippen LogP contribution < -0.4 is 10.7 Å². The van der Waals surface area contributed by atoms with Crippen LogP contribution in [0.25, 0.3) is 0 Å². The smallest absolute Gasteiger partial charge is 0.291 e. The fraction of sp³-hybridized carbons (Fsp3) is 0.316. The van der Waals surface area contributed by atoms with Gasteiger partial charge in [-0.3, -0.25) is 9.59 Å². The molecule has 6 nitrogen and oxygen atoms in total. The maximum Gasteiger partial charge on any atom is 0.291 e. The van der Waals surface area contributed by atoms with Crippen molar-refractivity contribution >= 4 is 55.1 Å². The molecule has 3 rings (SSSR count). The second-order valence-electron chi connectivity index (χ2n) is 6.80. The number of furan rings is 1. The van der Waals surface area contributed by atoms with Gasteiger partial charge in [0.2, 0.25) is 5.91 Å². The van der Waals surface area contributed by atoms with Crippen LogP contribution in [0.4, 0.5) is 5.69 Å². The first kappa shape index (κ1) is 19.8. The van der Waals surface area contributed by atoms with Crippen molar-refractivity contribution in [1.29, 1.82) is 0 Å². The van der Waals surface area contributed by atoms with Crippen molar-refractivity contribution < 1.29 is 14.0 Å². The highest BCUT2D eigenvalue weighted by Crippen LogP contribution is 2.66. The molecule has 2 aromatic rings. The van der Waals surface area contributed by atoms with Crippen LogP contribution in [0.2, 0.25) is 0 Å². The molecule has 2 amide bonds. The number of amides is 2. The Kier molecular flexibility index (Phi) is 5.31. The number of alkyl halides is 2. The van der Waals surface area contributed by atoms with Crippen LogP contribution in [-0.4, -0.2) is 20.8 Å². The molecular weight excluding hydrogens is 478 g/mol. The highest BCUT2D eigenvalue weighted by molar-refractivity contribution is 9.25. The molecule has 8 heteroatoms. The second-order valence-corrected chi connectivity index (χ2v) is 10.6. The summed E-state index contributed by atoms with van der Waals surface area (Å²) in [5, 5.41) is 6.98. The van der Waals surface area contributed by atoms with Gasteiger partial charge < -0.3 is 9.73 Å². The number of nitrogens with zero attached hydrogens (tertiary/aromatic N) is 1. The van der Waals surface area contributed by atoms with Crippen molar-refractivity contribution in [2.24, 2.45) is 10.5 Å². The Morgan fingerprint density at radius 1 is 1.22 bits per heavy atom. The molecule has 2 N–H and O–H groups in total. The van der Waals surface area contributed by atoms with E-state index in [0.29, 0.717) is 23.6 Å². The molecule has 1 heterocycles. The molecule has 27 heavy (non-hydrogen) atoms. The van der Waals surface area contributed by atoms with Crippen molar-refractivity contribution in [1.82, 2.24) is 5.43 Å². The van der Waals surface area contributed by atoms with Crippen LogP contribution in [0, 0.1) is 12.3 Å². The molecule has 0 unspecified atom stereocenters. The number of carbonyl (C=O) groups is 2. The topological polar surface area (TPSA) is 83.7 Å². The van der Waals surface area contributed by atoms with Gasteiger partial charge in [0.1, 0.15) is 5.76 Å². The standard InChI is InChI=1S/C19H19Br2N3O3/c1-11-7-8-15(27-11)16(25)22-14-6-4-5-13(9-14)12(2)23-24-17(26)18(3)10-19(18,20)21/h4-9H,10H2,1-3H3,(H,22,25)(H,24,26)/t18-/m1/s1. The summed E-state index contributed by atoms with van der Waals surface area (Å²) in [6, 6.07) is 10.6. The van der Waals surface area contributed by atoms with Crippen LogP contribution in [0.5, 0.6) is 0 Å². The highest BCUT2D eigenvalue weighted by Gasteiger charge is 2.66. The molecular formula is C19H19Br2N3O3. The largest absolute Gasteiger partial charge is 0.456 e. The van der Waals surface area contributed by atoms with Crippen LogP contribution >= 0.6 is 31.9 Å². The van der Waals surface area contributed by atoms with Crippen molar-refractivity contribution in [3.63, 3.8) is 0 Å². The van der Waals surface area contributed by atoms with Gasteiger partial charge in [0, 0.05) is 5.69 Å². The number of hydrogen-bond acceptors (Lipinski definition) is 4. The number of rotatable bonds is 5. The zero-order valence-corrected chi connectivity index (χ0v) is 18.3. The molecule has 0 aliphatic heterocycles. The van der Waals surface area contributed by atoms with E-state index in [1.165, 1.54) is 0 Å². The number of benzene rings is 1. The van der Waals surface area contributed by atoms with E-state index in [0.717, 1.165) is 5.56 Å². The van der Waals surface area contributed by atoms with E-state index in [2.05, 4.69) is 47.7 Å². The Morgan fingerprint density at radius 2 is 1.93 bits per heavy atom. The lowest BCUT2D eigenvalue weighted by atomic mass is 10.1. The van der Waals surface area contributed by atoms with Crippen LogP contribution in [-0.2, 0) is 4.79 Å². The molecule has 1 aromatic carbocycles. The molecule has 1 aliphatic rings. The van der Waals surface area contributed by atoms with Crippen molar-refractivity contribution in [2.75, 3.05) is 5.32 Å². The molecule has 0 spiro atoms. The average molecular weight is 497 g/mol. The number of hydrogen-bond donors (Lipinski definition) is 2. The number of aryl methyl sites for hydroxylation is 1. The Morgan fingerprint density at radius 3 is 2.52 bits per heavy atom. The van der Waals surface area contributed by atoms with Gasteiger partial charge in [-0.25, -0.2) is 5.43 Å². The first-order chi connectivity index (χ1) is 12.6. The Balaban J connectivity index is 1.67. The highest BCUT2D eigenvalue weighted by atomic mass is 79.9. The van der Waals surface area contributed by atoms with Crippen LogP contribution in [0.3, 0.4) is 0 Å². The van der Waals surface area contributed by atoms with Gasteiger partial charge in [-0.2, -0.15) is 5.10 Å². The van der Waals surface area contributed by atoms with Gasteiger partial charge in [0.05, 0.1) is 14.4 Å². The first-order valence-electron chi connectivity index (χ1n) is 8.33. The lowest BCUT2D eigenvalue weighted by Crippen LogP contribution is -2.30. The third-order valence-electron chi connectivity index (χ3n) is 4.59. The number of anilines is 1. The SMILES string of the molecule is CC(=NNC(=O)[C@@]1(C)CC1(Br)Br)c1cccc(NC(=O)c2ccc(C)o2)c1. The fourth-order valence-corrected chi connectivity index (χ4v) is 4.02. The van der Waals surface area contributed by atoms with Crippen LogP contribution in [0.1, 0.15) is 42.1 Å². The third kappa shape index (κ3) is 4.16. The summed E-state index contributed by atoms with van der Waals surface area (Å²) in [6.07, 6.45) is 0.689. The van der Waals surface area contributed by atoms with Gasteiger partial charge in [-0.05, 0) is 57.0 Å². The van der Waals surface area contributed by atoms with Gasteiger partial charge in [-0.1, -0.05) is 44.0 Å². The van der Waals surface area contributed by atoms with E-state index in [9.17, 15) is 9.59 Å². The minimum absolute atomic E-state index is 0.159. The third-order valence-corrected chi connectivity index (χ3v) is 6.90. The summed E-state index contributed by atoms with van der Waals surface area (Å²) in [5.74, 6) is 0.443. The Labute approximate surface area is 174 Å². The second kappa shape index (κ2) is 7.24. The average Bonchev–Trinajstić information content (AvgIpc) is 2.94. The molecule has 1 fully saturated rings. The Hall–Kier alpha value is -1.93. The quantitative estimate of drug-likeness (QED) is 0.361. The van der Waals surface area contributed by atoms with Gasteiger partial charge in [0.25, 0.3) is 5.91 Å². The summed E-state index contributed by atoms with van der Waals surface area (Å²) in [4.78, 5) is 24.5. The molecule has 1 atom stereocenters. The molecule has 1 aliphatic carbocycles.